The molecular weight excluding hydrogens is 281 g/mol. The second-order valence-electron chi connectivity index (χ2n) is 3.78. The predicted molar refractivity (Wildman–Crippen MR) is 67.9 cm³/mol. The molecule has 0 saturated carbocycles. The highest BCUT2D eigenvalue weighted by Gasteiger charge is 2.35. The smallest absolute Gasteiger partial charge is 0.323 e. The van der Waals surface area contributed by atoms with Crippen molar-refractivity contribution in [3.05, 3.63) is 41.4 Å². The van der Waals surface area contributed by atoms with Gasteiger partial charge in [0.25, 0.3) is 0 Å². The number of nitrogens with one attached hydrogen (secondary N) is 1. The molecule has 0 bridgehead atoms. The zero-order valence-corrected chi connectivity index (χ0v) is 10.6. The molecule has 7 heteroatoms. The van der Waals surface area contributed by atoms with Gasteiger partial charge in [-0.15, -0.1) is 6.58 Å². The molecule has 0 fully saturated rings. The lowest BCUT2D eigenvalue weighted by atomic mass is 10.1. The van der Waals surface area contributed by atoms with Crippen LogP contribution in [0, 0.1) is 0 Å². The van der Waals surface area contributed by atoms with Gasteiger partial charge in [-0.25, -0.2) is 0 Å². The standard InChI is InChI=1S/C12H12ClF3N2O/c1-2-4-9(17)11(19)18-10-7(12(14,15)16)5-3-6-8(10)13/h2-3,5-6,9H,1,4,17H2,(H,18,19). The molecule has 19 heavy (non-hydrogen) atoms. The minimum Gasteiger partial charge on any atom is -0.323 e. The van der Waals surface area contributed by atoms with Crippen molar-refractivity contribution in [1.29, 1.82) is 0 Å². The molecule has 1 aromatic rings. The van der Waals surface area contributed by atoms with Crippen molar-refractivity contribution in [2.45, 2.75) is 18.6 Å². The van der Waals surface area contributed by atoms with Gasteiger partial charge in [-0.05, 0) is 18.6 Å². The quantitative estimate of drug-likeness (QED) is 0.837. The highest BCUT2D eigenvalue weighted by atomic mass is 35.5. The van der Waals surface area contributed by atoms with Crippen molar-refractivity contribution in [2.24, 2.45) is 5.73 Å². The van der Waals surface area contributed by atoms with Crippen molar-refractivity contribution in [3.8, 4) is 0 Å². The van der Waals surface area contributed by atoms with Crippen LogP contribution in [-0.4, -0.2) is 11.9 Å². The molecular formula is C12H12ClF3N2O. The maximum absolute atomic E-state index is 12.8. The van der Waals surface area contributed by atoms with Gasteiger partial charge in [-0.1, -0.05) is 23.7 Å². The Morgan fingerprint density at radius 1 is 1.53 bits per heavy atom. The van der Waals surface area contributed by atoms with Crippen LogP contribution >= 0.6 is 11.6 Å². The Balaban J connectivity index is 3.07. The second-order valence-corrected chi connectivity index (χ2v) is 4.19. The molecule has 0 aromatic heterocycles. The first-order valence-electron chi connectivity index (χ1n) is 5.30. The van der Waals surface area contributed by atoms with E-state index in [0.717, 1.165) is 12.1 Å². The maximum atomic E-state index is 12.8. The average Bonchev–Trinajstić information content (AvgIpc) is 2.30. The predicted octanol–water partition coefficient (Wildman–Crippen LogP) is 3.20. The third-order valence-corrected chi connectivity index (χ3v) is 2.64. The number of para-hydroxylation sites is 1. The third kappa shape index (κ3) is 3.97. The van der Waals surface area contributed by atoms with E-state index in [4.69, 9.17) is 17.3 Å². The summed E-state index contributed by atoms with van der Waals surface area (Å²) in [5.74, 6) is -0.751. The minimum atomic E-state index is -4.62. The van der Waals surface area contributed by atoms with Gasteiger partial charge in [0.05, 0.1) is 22.3 Å². The van der Waals surface area contributed by atoms with Crippen molar-refractivity contribution < 1.29 is 18.0 Å². The maximum Gasteiger partial charge on any atom is 0.418 e. The zero-order chi connectivity index (χ0) is 14.6. The van der Waals surface area contributed by atoms with Crippen LogP contribution in [0.4, 0.5) is 18.9 Å². The Hall–Kier alpha value is -1.53. The highest BCUT2D eigenvalue weighted by Crippen LogP contribution is 2.38. The van der Waals surface area contributed by atoms with Crippen LogP contribution in [0.15, 0.2) is 30.9 Å². The molecule has 1 atom stereocenters. The van der Waals surface area contributed by atoms with Crippen LogP contribution in [0.1, 0.15) is 12.0 Å². The normalized spacial score (nSPS) is 12.9. The van der Waals surface area contributed by atoms with Crippen LogP contribution in [0.25, 0.3) is 0 Å². The number of amides is 1. The van der Waals surface area contributed by atoms with Crippen molar-refractivity contribution in [2.75, 3.05) is 5.32 Å². The molecule has 0 radical (unpaired) electrons. The Morgan fingerprint density at radius 3 is 2.68 bits per heavy atom. The van der Waals surface area contributed by atoms with Gasteiger partial charge in [-0.2, -0.15) is 13.2 Å². The summed E-state index contributed by atoms with van der Waals surface area (Å²) < 4.78 is 38.3. The summed E-state index contributed by atoms with van der Waals surface area (Å²) in [6, 6.07) is 2.27. The van der Waals surface area contributed by atoms with E-state index in [2.05, 4.69) is 11.9 Å². The van der Waals surface area contributed by atoms with Crippen molar-refractivity contribution in [1.82, 2.24) is 0 Å². The Bertz CT molecular complexity index is 488. The molecule has 1 aromatic carbocycles. The van der Waals surface area contributed by atoms with Gasteiger partial charge in [0.2, 0.25) is 5.91 Å². The summed E-state index contributed by atoms with van der Waals surface area (Å²) in [7, 11) is 0. The molecule has 0 aliphatic heterocycles. The lowest BCUT2D eigenvalue weighted by molar-refractivity contribution is -0.137. The van der Waals surface area contributed by atoms with E-state index in [0.29, 0.717) is 0 Å². The molecule has 3 nitrogen and oxygen atoms in total. The Kier molecular flexibility index (Phi) is 4.97. The fraction of sp³-hybridized carbons (Fsp3) is 0.250. The van der Waals surface area contributed by atoms with Gasteiger partial charge in [0, 0.05) is 0 Å². The van der Waals surface area contributed by atoms with Gasteiger partial charge < -0.3 is 11.1 Å². The first-order chi connectivity index (χ1) is 8.77. The summed E-state index contributed by atoms with van der Waals surface area (Å²) in [4.78, 5) is 11.6. The molecule has 0 aliphatic rings. The number of hydrogen-bond donors (Lipinski definition) is 2. The number of hydrogen-bond acceptors (Lipinski definition) is 2. The van der Waals surface area contributed by atoms with Crippen molar-refractivity contribution in [3.63, 3.8) is 0 Å². The fourth-order valence-corrected chi connectivity index (χ4v) is 1.61. The average molecular weight is 293 g/mol. The van der Waals surface area contributed by atoms with E-state index in [1.807, 2.05) is 0 Å². The number of nitrogens with two attached hydrogens (primary N) is 1. The lowest BCUT2D eigenvalue weighted by Gasteiger charge is -2.16. The molecule has 1 unspecified atom stereocenters. The first kappa shape index (κ1) is 15.5. The van der Waals surface area contributed by atoms with Crippen molar-refractivity contribution >= 4 is 23.2 Å². The van der Waals surface area contributed by atoms with Crippen LogP contribution in [0.2, 0.25) is 5.02 Å². The lowest BCUT2D eigenvalue weighted by Crippen LogP contribution is -2.35. The molecule has 104 valence electrons. The third-order valence-electron chi connectivity index (χ3n) is 2.32. The molecule has 0 aliphatic carbocycles. The van der Waals surface area contributed by atoms with E-state index in [9.17, 15) is 18.0 Å². The van der Waals surface area contributed by atoms with E-state index >= 15 is 0 Å². The van der Waals surface area contributed by atoms with Crippen LogP contribution in [0.3, 0.4) is 0 Å². The summed E-state index contributed by atoms with van der Waals surface area (Å²) in [6.45, 7) is 3.40. The van der Waals surface area contributed by atoms with Crippen LogP contribution in [-0.2, 0) is 11.0 Å². The number of alkyl halides is 3. The number of carbonyl (C=O) groups is 1. The molecule has 0 saturated heterocycles. The van der Waals surface area contributed by atoms with Crippen LogP contribution < -0.4 is 11.1 Å². The van der Waals surface area contributed by atoms with E-state index in [1.54, 1.807) is 0 Å². The number of benzene rings is 1. The Morgan fingerprint density at radius 2 is 2.16 bits per heavy atom. The molecule has 1 rings (SSSR count). The molecule has 0 spiro atoms. The van der Waals surface area contributed by atoms with E-state index < -0.39 is 29.4 Å². The van der Waals surface area contributed by atoms with Gasteiger partial charge in [0.1, 0.15) is 0 Å². The second kappa shape index (κ2) is 6.08. The summed E-state index contributed by atoms with van der Waals surface area (Å²) in [6.07, 6.45) is -3.06. The summed E-state index contributed by atoms with van der Waals surface area (Å²) in [5.41, 5.74) is 3.98. The van der Waals surface area contributed by atoms with E-state index in [1.165, 1.54) is 12.1 Å². The topological polar surface area (TPSA) is 55.1 Å². The minimum absolute atomic E-state index is 0.150. The summed E-state index contributed by atoms with van der Waals surface area (Å²) in [5, 5.41) is 1.91. The first-order valence-corrected chi connectivity index (χ1v) is 5.68. The fourth-order valence-electron chi connectivity index (χ4n) is 1.39. The SMILES string of the molecule is C=CCC(N)C(=O)Nc1c(Cl)cccc1C(F)(F)F. The monoisotopic (exact) mass is 292 g/mol. The highest BCUT2D eigenvalue weighted by molar-refractivity contribution is 6.34. The van der Waals surface area contributed by atoms with Gasteiger partial charge in [-0.3, -0.25) is 4.79 Å². The van der Waals surface area contributed by atoms with Gasteiger partial charge >= 0.3 is 6.18 Å². The zero-order valence-electron chi connectivity index (χ0n) is 9.80. The number of halogens is 4. The molecule has 1 amide bonds. The van der Waals surface area contributed by atoms with Crippen LogP contribution in [0.5, 0.6) is 0 Å². The Labute approximate surface area is 113 Å². The number of rotatable bonds is 4. The molecule has 0 heterocycles. The largest absolute Gasteiger partial charge is 0.418 e. The summed E-state index contributed by atoms with van der Waals surface area (Å²) >= 11 is 5.69. The van der Waals surface area contributed by atoms with Gasteiger partial charge in [0.15, 0.2) is 0 Å². The molecule has 3 N–H and O–H groups in total. The van der Waals surface area contributed by atoms with E-state index in [-0.39, 0.29) is 11.4 Å². The number of carbonyl (C=O) groups excluding carboxylic acids is 1. The number of anilines is 1.